The summed E-state index contributed by atoms with van der Waals surface area (Å²) < 4.78 is 5.66. The maximum atomic E-state index is 12.2. The second-order valence-corrected chi connectivity index (χ2v) is 7.29. The number of halogens is 1. The number of amides is 2. The molecule has 2 aliphatic rings. The average Bonchev–Trinajstić information content (AvgIpc) is 3.53. The second-order valence-electron chi connectivity index (χ2n) is 6.85. The van der Waals surface area contributed by atoms with Crippen LogP contribution in [-0.2, 0) is 9.59 Å². The van der Waals surface area contributed by atoms with Crippen LogP contribution in [0.4, 0.5) is 11.4 Å². The number of hydrogen-bond acceptors (Lipinski definition) is 3. The molecular formula is C22H19ClN2O3. The van der Waals surface area contributed by atoms with Gasteiger partial charge in [0.15, 0.2) is 0 Å². The third kappa shape index (κ3) is 4.61. The van der Waals surface area contributed by atoms with Crippen LogP contribution in [0.3, 0.4) is 0 Å². The van der Waals surface area contributed by atoms with Crippen LogP contribution in [0.15, 0.2) is 60.2 Å². The first-order chi connectivity index (χ1) is 13.6. The molecule has 1 aliphatic carbocycles. The number of fused-ring (bicyclic) bond motifs is 1. The zero-order chi connectivity index (χ0) is 19.5. The van der Waals surface area contributed by atoms with Gasteiger partial charge in [0.1, 0.15) is 12.4 Å². The zero-order valence-corrected chi connectivity index (χ0v) is 15.8. The summed E-state index contributed by atoms with van der Waals surface area (Å²) in [4.78, 5) is 23.9. The number of benzene rings is 2. The van der Waals surface area contributed by atoms with Crippen LogP contribution in [0.1, 0.15) is 18.4 Å². The second kappa shape index (κ2) is 7.90. The van der Waals surface area contributed by atoms with Gasteiger partial charge >= 0.3 is 0 Å². The van der Waals surface area contributed by atoms with Gasteiger partial charge in [0.2, 0.25) is 11.8 Å². The Balaban J connectivity index is 1.34. The Hall–Kier alpha value is -3.05. The molecule has 0 atom stereocenters. The highest BCUT2D eigenvalue weighted by Crippen LogP contribution is 2.30. The molecule has 1 heterocycles. The van der Waals surface area contributed by atoms with Gasteiger partial charge in [0, 0.05) is 34.0 Å². The summed E-state index contributed by atoms with van der Waals surface area (Å²) in [7, 11) is 0. The molecule has 1 fully saturated rings. The highest BCUT2D eigenvalue weighted by molar-refractivity contribution is 6.30. The van der Waals surface area contributed by atoms with E-state index in [0.29, 0.717) is 17.3 Å². The topological polar surface area (TPSA) is 67.4 Å². The van der Waals surface area contributed by atoms with Crippen LogP contribution in [0.5, 0.6) is 5.75 Å². The standard InChI is InChI=1S/C22H19ClN2O3/c23-17-4-9-20-16(12-17)11-14(13-28-20)1-10-21(26)24-18-5-7-19(8-6-18)25-22(27)15-2-3-15/h1,4-12,15H,2-3,13H2,(H,24,26)(H,25,27)/b10-1+. The molecule has 0 saturated heterocycles. The number of carbonyl (C=O) groups excluding carboxylic acids is 2. The van der Waals surface area contributed by atoms with Crippen molar-refractivity contribution >= 4 is 40.9 Å². The molecule has 2 aromatic rings. The van der Waals surface area contributed by atoms with Crippen molar-refractivity contribution in [2.75, 3.05) is 17.2 Å². The Morgan fingerprint density at radius 3 is 2.46 bits per heavy atom. The minimum atomic E-state index is -0.243. The zero-order valence-electron chi connectivity index (χ0n) is 15.1. The summed E-state index contributed by atoms with van der Waals surface area (Å²) in [5.74, 6) is 0.753. The van der Waals surface area contributed by atoms with Crippen molar-refractivity contribution in [3.8, 4) is 5.75 Å². The fourth-order valence-electron chi connectivity index (χ4n) is 2.86. The van der Waals surface area contributed by atoms with Crippen LogP contribution >= 0.6 is 11.6 Å². The van der Waals surface area contributed by atoms with Crippen molar-refractivity contribution in [1.29, 1.82) is 0 Å². The number of rotatable bonds is 5. The number of ether oxygens (including phenoxy) is 1. The van der Waals surface area contributed by atoms with E-state index in [4.69, 9.17) is 16.3 Å². The third-order valence-electron chi connectivity index (χ3n) is 4.52. The maximum absolute atomic E-state index is 12.2. The van der Waals surface area contributed by atoms with Gasteiger partial charge in [-0.05, 0) is 67.0 Å². The molecule has 2 amide bonds. The average molecular weight is 395 g/mol. The van der Waals surface area contributed by atoms with E-state index in [2.05, 4.69) is 10.6 Å². The molecule has 0 aromatic heterocycles. The van der Waals surface area contributed by atoms with Crippen LogP contribution < -0.4 is 15.4 Å². The highest BCUT2D eigenvalue weighted by atomic mass is 35.5. The number of nitrogens with one attached hydrogen (secondary N) is 2. The van der Waals surface area contributed by atoms with Gasteiger partial charge in [-0.25, -0.2) is 0 Å². The lowest BCUT2D eigenvalue weighted by atomic mass is 10.1. The Morgan fingerprint density at radius 2 is 1.75 bits per heavy atom. The molecule has 4 rings (SSSR count). The van der Waals surface area contributed by atoms with E-state index in [1.807, 2.05) is 18.2 Å². The van der Waals surface area contributed by atoms with Crippen molar-refractivity contribution in [3.63, 3.8) is 0 Å². The minimum Gasteiger partial charge on any atom is -0.488 e. The molecule has 5 nitrogen and oxygen atoms in total. The van der Waals surface area contributed by atoms with Crippen LogP contribution in [0.2, 0.25) is 5.02 Å². The molecule has 2 aromatic carbocycles. The fourth-order valence-corrected chi connectivity index (χ4v) is 3.04. The predicted molar refractivity (Wildman–Crippen MR) is 110 cm³/mol. The summed E-state index contributed by atoms with van der Waals surface area (Å²) in [5.41, 5.74) is 3.16. The molecule has 0 unspecified atom stereocenters. The molecule has 6 heteroatoms. The van der Waals surface area contributed by atoms with Gasteiger partial charge in [-0.15, -0.1) is 0 Å². The largest absolute Gasteiger partial charge is 0.488 e. The Bertz CT molecular complexity index is 976. The molecule has 0 radical (unpaired) electrons. The van der Waals surface area contributed by atoms with E-state index in [1.165, 1.54) is 6.08 Å². The normalized spacial score (nSPS) is 15.4. The molecule has 1 saturated carbocycles. The Kier molecular flexibility index (Phi) is 5.17. The van der Waals surface area contributed by atoms with Crippen LogP contribution in [-0.4, -0.2) is 18.4 Å². The summed E-state index contributed by atoms with van der Waals surface area (Å²) >= 11 is 6.01. The summed E-state index contributed by atoms with van der Waals surface area (Å²) in [5, 5.41) is 6.30. The van der Waals surface area contributed by atoms with Crippen molar-refractivity contribution in [2.24, 2.45) is 5.92 Å². The predicted octanol–water partition coefficient (Wildman–Crippen LogP) is 4.66. The van der Waals surface area contributed by atoms with E-state index in [1.54, 1.807) is 36.4 Å². The third-order valence-corrected chi connectivity index (χ3v) is 4.76. The van der Waals surface area contributed by atoms with E-state index in [9.17, 15) is 9.59 Å². The van der Waals surface area contributed by atoms with E-state index in [-0.39, 0.29) is 17.7 Å². The first kappa shape index (κ1) is 18.3. The molecule has 0 bridgehead atoms. The molecule has 142 valence electrons. The Labute approximate surface area is 168 Å². The van der Waals surface area contributed by atoms with Crippen LogP contribution in [0, 0.1) is 5.92 Å². The number of anilines is 2. The first-order valence-electron chi connectivity index (χ1n) is 9.10. The summed E-state index contributed by atoms with van der Waals surface area (Å²) in [6.07, 6.45) is 7.07. The summed E-state index contributed by atoms with van der Waals surface area (Å²) in [6, 6.07) is 12.5. The number of carbonyl (C=O) groups is 2. The molecule has 2 N–H and O–H groups in total. The lowest BCUT2D eigenvalue weighted by molar-refractivity contribution is -0.117. The lowest BCUT2D eigenvalue weighted by Gasteiger charge is -2.16. The number of hydrogen-bond donors (Lipinski definition) is 2. The van der Waals surface area contributed by atoms with Gasteiger partial charge in [0.05, 0.1) is 0 Å². The fraction of sp³-hybridized carbons (Fsp3) is 0.182. The monoisotopic (exact) mass is 394 g/mol. The van der Waals surface area contributed by atoms with Crippen molar-refractivity contribution < 1.29 is 14.3 Å². The van der Waals surface area contributed by atoms with Crippen LogP contribution in [0.25, 0.3) is 6.08 Å². The van der Waals surface area contributed by atoms with E-state index >= 15 is 0 Å². The van der Waals surface area contributed by atoms with Gasteiger partial charge in [0.25, 0.3) is 0 Å². The lowest BCUT2D eigenvalue weighted by Crippen LogP contribution is -2.13. The van der Waals surface area contributed by atoms with Gasteiger partial charge in [-0.1, -0.05) is 17.7 Å². The SMILES string of the molecule is O=C(/C=C/C1=Cc2cc(Cl)ccc2OC1)Nc1ccc(NC(=O)C2CC2)cc1. The molecule has 0 spiro atoms. The van der Waals surface area contributed by atoms with Gasteiger partial charge < -0.3 is 15.4 Å². The maximum Gasteiger partial charge on any atom is 0.248 e. The van der Waals surface area contributed by atoms with E-state index < -0.39 is 0 Å². The quantitative estimate of drug-likeness (QED) is 0.725. The molecule has 28 heavy (non-hydrogen) atoms. The van der Waals surface area contributed by atoms with Gasteiger partial charge in [-0.3, -0.25) is 9.59 Å². The van der Waals surface area contributed by atoms with Crippen molar-refractivity contribution in [2.45, 2.75) is 12.8 Å². The van der Waals surface area contributed by atoms with Crippen molar-refractivity contribution in [3.05, 3.63) is 70.8 Å². The van der Waals surface area contributed by atoms with Crippen molar-refractivity contribution in [1.82, 2.24) is 0 Å². The minimum absolute atomic E-state index is 0.0607. The molecular weight excluding hydrogens is 376 g/mol. The first-order valence-corrected chi connectivity index (χ1v) is 9.47. The van der Waals surface area contributed by atoms with Gasteiger partial charge in [-0.2, -0.15) is 0 Å². The highest BCUT2D eigenvalue weighted by Gasteiger charge is 2.29. The van der Waals surface area contributed by atoms with E-state index in [0.717, 1.165) is 35.4 Å². The molecule has 1 aliphatic heterocycles. The Morgan fingerprint density at radius 1 is 1.04 bits per heavy atom. The smallest absolute Gasteiger partial charge is 0.248 e. The summed E-state index contributed by atoms with van der Waals surface area (Å²) in [6.45, 7) is 0.397.